The summed E-state index contributed by atoms with van der Waals surface area (Å²) in [5, 5.41) is 9.02. The summed E-state index contributed by atoms with van der Waals surface area (Å²) in [6, 6.07) is 4.81. The lowest BCUT2D eigenvalue weighted by atomic mass is 10.0. The SMILES string of the molecule is COc1cccc(N(CCO)CC(F)F)c1[C@@H](C)N. The highest BCUT2D eigenvalue weighted by molar-refractivity contribution is 5.60. The van der Waals surface area contributed by atoms with Crippen LogP contribution in [0.2, 0.25) is 0 Å². The first-order valence-electron chi connectivity index (χ1n) is 6.07. The number of anilines is 1. The van der Waals surface area contributed by atoms with Gasteiger partial charge in [0.05, 0.1) is 20.3 Å². The summed E-state index contributed by atoms with van der Waals surface area (Å²) in [5.41, 5.74) is 7.14. The van der Waals surface area contributed by atoms with Crippen molar-refractivity contribution >= 4 is 5.69 Å². The van der Waals surface area contributed by atoms with Gasteiger partial charge in [-0.25, -0.2) is 8.78 Å². The van der Waals surface area contributed by atoms with Gasteiger partial charge in [0.2, 0.25) is 0 Å². The molecule has 108 valence electrons. The minimum Gasteiger partial charge on any atom is -0.496 e. The fraction of sp³-hybridized carbons (Fsp3) is 0.538. The Morgan fingerprint density at radius 3 is 2.58 bits per heavy atom. The third-order valence-corrected chi connectivity index (χ3v) is 2.79. The van der Waals surface area contributed by atoms with Crippen LogP contribution in [0.15, 0.2) is 18.2 Å². The smallest absolute Gasteiger partial charge is 0.255 e. The minimum atomic E-state index is -2.49. The zero-order valence-electron chi connectivity index (χ0n) is 11.1. The molecule has 1 aromatic rings. The van der Waals surface area contributed by atoms with Crippen LogP contribution in [0, 0.1) is 0 Å². The largest absolute Gasteiger partial charge is 0.496 e. The first-order valence-corrected chi connectivity index (χ1v) is 6.07. The molecule has 0 bridgehead atoms. The van der Waals surface area contributed by atoms with E-state index in [0.29, 0.717) is 17.0 Å². The van der Waals surface area contributed by atoms with E-state index in [1.807, 2.05) is 0 Å². The van der Waals surface area contributed by atoms with E-state index in [-0.39, 0.29) is 19.2 Å². The Labute approximate surface area is 111 Å². The molecule has 0 saturated heterocycles. The highest BCUT2D eigenvalue weighted by Gasteiger charge is 2.20. The fourth-order valence-electron chi connectivity index (χ4n) is 2.04. The minimum absolute atomic E-state index is 0.122. The van der Waals surface area contributed by atoms with Crippen molar-refractivity contribution in [3.05, 3.63) is 23.8 Å². The molecule has 0 spiro atoms. The normalized spacial score (nSPS) is 12.6. The number of methoxy groups -OCH3 is 1. The Hall–Kier alpha value is -1.40. The number of ether oxygens (including phenoxy) is 1. The molecule has 1 atom stereocenters. The summed E-state index contributed by atoms with van der Waals surface area (Å²) in [6.45, 7) is 1.23. The van der Waals surface area contributed by atoms with E-state index in [1.165, 1.54) is 12.0 Å². The molecule has 0 aromatic heterocycles. The van der Waals surface area contributed by atoms with Gasteiger partial charge >= 0.3 is 0 Å². The lowest BCUT2D eigenvalue weighted by Gasteiger charge is -2.28. The van der Waals surface area contributed by atoms with Gasteiger partial charge in [-0.15, -0.1) is 0 Å². The topological polar surface area (TPSA) is 58.7 Å². The van der Waals surface area contributed by atoms with E-state index >= 15 is 0 Å². The number of alkyl halides is 2. The summed E-state index contributed by atoms with van der Waals surface area (Å²) < 4.78 is 30.5. The monoisotopic (exact) mass is 274 g/mol. The Morgan fingerprint density at radius 2 is 2.11 bits per heavy atom. The summed E-state index contributed by atoms with van der Waals surface area (Å²) in [4.78, 5) is 1.42. The number of rotatable bonds is 7. The van der Waals surface area contributed by atoms with Gasteiger partial charge in [0.1, 0.15) is 5.75 Å². The van der Waals surface area contributed by atoms with Crippen LogP contribution < -0.4 is 15.4 Å². The maximum atomic E-state index is 12.6. The van der Waals surface area contributed by atoms with E-state index in [1.54, 1.807) is 25.1 Å². The van der Waals surface area contributed by atoms with Crippen LogP contribution in [0.5, 0.6) is 5.75 Å². The first-order chi connectivity index (χ1) is 9.01. The average molecular weight is 274 g/mol. The summed E-state index contributed by atoms with van der Waals surface area (Å²) in [7, 11) is 1.51. The molecule has 0 saturated carbocycles. The number of halogens is 2. The number of nitrogens with two attached hydrogens (primary N) is 1. The molecule has 0 aliphatic heterocycles. The second-order valence-corrected chi connectivity index (χ2v) is 4.24. The van der Waals surface area contributed by atoms with Crippen molar-refractivity contribution in [2.24, 2.45) is 5.73 Å². The van der Waals surface area contributed by atoms with Crippen LogP contribution in [0.4, 0.5) is 14.5 Å². The van der Waals surface area contributed by atoms with Crippen LogP contribution in [-0.2, 0) is 0 Å². The molecule has 0 radical (unpaired) electrons. The van der Waals surface area contributed by atoms with Crippen molar-refractivity contribution < 1.29 is 18.6 Å². The molecule has 19 heavy (non-hydrogen) atoms. The summed E-state index contributed by atoms with van der Waals surface area (Å²) in [6.07, 6.45) is -2.49. The molecule has 1 aromatic carbocycles. The third kappa shape index (κ3) is 4.04. The van der Waals surface area contributed by atoms with Crippen LogP contribution in [-0.4, -0.2) is 38.3 Å². The van der Waals surface area contributed by atoms with Gasteiger partial charge in [0, 0.05) is 23.8 Å². The molecule has 1 rings (SSSR count). The molecule has 0 amide bonds. The first kappa shape index (κ1) is 15.7. The quantitative estimate of drug-likeness (QED) is 0.795. The predicted octanol–water partition coefficient (Wildman–Crippen LogP) is 1.78. The summed E-state index contributed by atoms with van der Waals surface area (Å²) >= 11 is 0. The highest BCUT2D eigenvalue weighted by Crippen LogP contribution is 2.33. The van der Waals surface area contributed by atoms with E-state index in [9.17, 15) is 8.78 Å². The Bertz CT molecular complexity index is 400. The molecule has 0 aliphatic carbocycles. The van der Waals surface area contributed by atoms with Gasteiger partial charge in [-0.05, 0) is 19.1 Å². The van der Waals surface area contributed by atoms with E-state index in [4.69, 9.17) is 15.6 Å². The molecule has 0 fully saturated rings. The zero-order valence-corrected chi connectivity index (χ0v) is 11.1. The van der Waals surface area contributed by atoms with Gasteiger partial charge in [-0.3, -0.25) is 0 Å². The number of hydrogen-bond donors (Lipinski definition) is 2. The lowest BCUT2D eigenvalue weighted by molar-refractivity contribution is 0.152. The lowest BCUT2D eigenvalue weighted by Crippen LogP contribution is -2.33. The predicted molar refractivity (Wildman–Crippen MR) is 70.9 cm³/mol. The van der Waals surface area contributed by atoms with Gasteiger partial charge < -0.3 is 20.5 Å². The molecule has 0 aliphatic rings. The van der Waals surface area contributed by atoms with Gasteiger partial charge in [0.15, 0.2) is 0 Å². The second-order valence-electron chi connectivity index (χ2n) is 4.24. The van der Waals surface area contributed by atoms with Crippen molar-refractivity contribution in [3.63, 3.8) is 0 Å². The maximum absolute atomic E-state index is 12.6. The Balaban J connectivity index is 3.20. The molecular weight excluding hydrogens is 254 g/mol. The van der Waals surface area contributed by atoms with Crippen LogP contribution in [0.1, 0.15) is 18.5 Å². The number of hydrogen-bond acceptors (Lipinski definition) is 4. The fourth-order valence-corrected chi connectivity index (χ4v) is 2.04. The van der Waals surface area contributed by atoms with E-state index in [2.05, 4.69) is 0 Å². The standard InChI is InChI=1S/C13H20F2N2O2/c1-9(16)13-10(4-3-5-11(13)19-2)17(6-7-18)8-12(14)15/h3-5,9,12,18H,6-8,16H2,1-2H3/t9-/m1/s1. The molecule has 0 heterocycles. The Morgan fingerprint density at radius 1 is 1.42 bits per heavy atom. The van der Waals surface area contributed by atoms with Crippen LogP contribution in [0.25, 0.3) is 0 Å². The molecule has 4 nitrogen and oxygen atoms in total. The maximum Gasteiger partial charge on any atom is 0.255 e. The van der Waals surface area contributed by atoms with Crippen LogP contribution in [0.3, 0.4) is 0 Å². The van der Waals surface area contributed by atoms with Crippen LogP contribution >= 0.6 is 0 Å². The van der Waals surface area contributed by atoms with Crippen molar-refractivity contribution in [1.82, 2.24) is 0 Å². The van der Waals surface area contributed by atoms with E-state index < -0.39 is 13.0 Å². The van der Waals surface area contributed by atoms with Crippen molar-refractivity contribution in [2.45, 2.75) is 19.4 Å². The Kier molecular flexibility index (Phi) is 5.98. The van der Waals surface area contributed by atoms with E-state index in [0.717, 1.165) is 0 Å². The molecule has 3 N–H and O–H groups in total. The van der Waals surface area contributed by atoms with Crippen molar-refractivity contribution in [3.8, 4) is 5.75 Å². The second kappa shape index (κ2) is 7.25. The molecule has 0 unspecified atom stereocenters. The number of aliphatic hydroxyl groups excluding tert-OH is 1. The number of nitrogens with zero attached hydrogens (tertiary/aromatic N) is 1. The van der Waals surface area contributed by atoms with Gasteiger partial charge in [-0.1, -0.05) is 6.07 Å². The number of aliphatic hydroxyl groups is 1. The zero-order chi connectivity index (χ0) is 14.4. The molecular formula is C13H20F2N2O2. The molecule has 6 heteroatoms. The highest BCUT2D eigenvalue weighted by atomic mass is 19.3. The van der Waals surface area contributed by atoms with Gasteiger partial charge in [-0.2, -0.15) is 0 Å². The van der Waals surface area contributed by atoms with Crippen molar-refractivity contribution in [2.75, 3.05) is 31.7 Å². The van der Waals surface area contributed by atoms with Gasteiger partial charge in [0.25, 0.3) is 6.43 Å². The third-order valence-electron chi connectivity index (χ3n) is 2.79. The number of benzene rings is 1. The summed E-state index contributed by atoms with van der Waals surface area (Å²) in [5.74, 6) is 0.560. The van der Waals surface area contributed by atoms with Crippen molar-refractivity contribution in [1.29, 1.82) is 0 Å². The average Bonchev–Trinajstić information content (AvgIpc) is 2.36.